The van der Waals surface area contributed by atoms with E-state index in [-0.39, 0.29) is 6.61 Å². The Bertz CT molecular complexity index is 751. The van der Waals surface area contributed by atoms with Crippen molar-refractivity contribution in [3.8, 4) is 18.1 Å². The monoisotopic (exact) mass is 299 g/mol. The van der Waals surface area contributed by atoms with E-state index in [0.717, 1.165) is 22.8 Å². The summed E-state index contributed by atoms with van der Waals surface area (Å²) in [6.45, 7) is 0.244. The van der Waals surface area contributed by atoms with Crippen molar-refractivity contribution in [3.63, 3.8) is 0 Å². The molecule has 0 fully saturated rings. The highest BCUT2D eigenvalue weighted by molar-refractivity contribution is 5.79. The van der Waals surface area contributed by atoms with Crippen molar-refractivity contribution in [3.05, 3.63) is 84.9 Å². The molecule has 0 atom stereocenters. The summed E-state index contributed by atoms with van der Waals surface area (Å²) in [5.41, 5.74) is 3.09. The topological polar surface area (TPSA) is 12.5 Å². The Labute approximate surface area is 137 Å². The van der Waals surface area contributed by atoms with Crippen LogP contribution in [-0.4, -0.2) is 6.61 Å². The minimum absolute atomic E-state index is 0.244. The van der Waals surface area contributed by atoms with E-state index in [1.165, 1.54) is 0 Å². The lowest BCUT2D eigenvalue weighted by atomic mass is 10.2. The summed E-state index contributed by atoms with van der Waals surface area (Å²) in [6, 6.07) is 28.3. The van der Waals surface area contributed by atoms with Gasteiger partial charge in [-0.3, -0.25) is 0 Å². The van der Waals surface area contributed by atoms with Crippen molar-refractivity contribution >= 4 is 17.1 Å². The van der Waals surface area contributed by atoms with Crippen molar-refractivity contribution in [1.29, 1.82) is 0 Å². The quantitative estimate of drug-likeness (QED) is 0.603. The lowest BCUT2D eigenvalue weighted by molar-refractivity contribution is 0.371. The van der Waals surface area contributed by atoms with Crippen molar-refractivity contribution in [2.45, 2.75) is 0 Å². The molecule has 2 heteroatoms. The van der Waals surface area contributed by atoms with E-state index >= 15 is 0 Å². The van der Waals surface area contributed by atoms with Gasteiger partial charge in [0.2, 0.25) is 0 Å². The third-order valence-corrected chi connectivity index (χ3v) is 3.45. The molecule has 0 spiro atoms. The van der Waals surface area contributed by atoms with Crippen LogP contribution in [-0.2, 0) is 0 Å². The molecule has 112 valence electrons. The van der Waals surface area contributed by atoms with Gasteiger partial charge in [-0.1, -0.05) is 54.5 Å². The van der Waals surface area contributed by atoms with Gasteiger partial charge in [-0.25, -0.2) is 0 Å². The Morgan fingerprint density at radius 2 is 1.26 bits per heavy atom. The number of rotatable bonds is 5. The molecule has 0 aliphatic carbocycles. The van der Waals surface area contributed by atoms with E-state index in [0.29, 0.717) is 0 Å². The highest BCUT2D eigenvalue weighted by atomic mass is 16.5. The van der Waals surface area contributed by atoms with Crippen LogP contribution in [0.2, 0.25) is 0 Å². The molecule has 0 bridgehead atoms. The maximum Gasteiger partial charge on any atom is 0.148 e. The van der Waals surface area contributed by atoms with Crippen LogP contribution in [0.25, 0.3) is 0 Å². The number of benzene rings is 3. The predicted octanol–water partition coefficient (Wildman–Crippen LogP) is 5.17. The highest BCUT2D eigenvalue weighted by Crippen LogP contribution is 2.39. The number of anilines is 3. The van der Waals surface area contributed by atoms with Crippen LogP contribution in [0.5, 0.6) is 5.75 Å². The van der Waals surface area contributed by atoms with Gasteiger partial charge in [0.1, 0.15) is 12.4 Å². The molecule has 0 amide bonds. The average Bonchev–Trinajstić information content (AvgIpc) is 2.63. The van der Waals surface area contributed by atoms with Gasteiger partial charge in [0.05, 0.1) is 5.69 Å². The van der Waals surface area contributed by atoms with Crippen LogP contribution in [0.3, 0.4) is 0 Å². The van der Waals surface area contributed by atoms with Crippen LogP contribution in [0, 0.1) is 12.3 Å². The molecule has 0 radical (unpaired) electrons. The molecule has 0 aliphatic rings. The molecule has 0 aliphatic heterocycles. The number of ether oxygens (including phenoxy) is 1. The molecule has 0 saturated carbocycles. The van der Waals surface area contributed by atoms with E-state index in [9.17, 15) is 0 Å². The van der Waals surface area contributed by atoms with E-state index in [2.05, 4.69) is 35.1 Å². The maximum atomic E-state index is 5.73. The first-order valence-corrected chi connectivity index (χ1v) is 7.45. The molecular weight excluding hydrogens is 282 g/mol. The molecule has 3 aromatic carbocycles. The van der Waals surface area contributed by atoms with Gasteiger partial charge in [-0.05, 0) is 36.4 Å². The molecule has 0 aromatic heterocycles. The Balaban J connectivity index is 2.12. The van der Waals surface area contributed by atoms with Crippen molar-refractivity contribution in [2.75, 3.05) is 11.5 Å². The summed E-state index contributed by atoms with van der Waals surface area (Å²) in [7, 11) is 0. The first-order chi connectivity index (χ1) is 11.4. The Kier molecular flexibility index (Phi) is 4.61. The highest BCUT2D eigenvalue weighted by Gasteiger charge is 2.15. The minimum atomic E-state index is 0.244. The van der Waals surface area contributed by atoms with Crippen LogP contribution < -0.4 is 9.64 Å². The molecule has 2 nitrogen and oxygen atoms in total. The number of para-hydroxylation sites is 4. The summed E-state index contributed by atoms with van der Waals surface area (Å²) in [6.07, 6.45) is 5.34. The zero-order valence-electron chi connectivity index (χ0n) is 12.7. The summed E-state index contributed by atoms with van der Waals surface area (Å²) >= 11 is 0. The van der Waals surface area contributed by atoms with Gasteiger partial charge < -0.3 is 9.64 Å². The molecule has 0 unspecified atom stereocenters. The van der Waals surface area contributed by atoms with Crippen molar-refractivity contribution in [2.24, 2.45) is 0 Å². The maximum absolute atomic E-state index is 5.73. The lowest BCUT2D eigenvalue weighted by Crippen LogP contribution is -2.11. The molecule has 3 rings (SSSR count). The standard InChI is InChI=1S/C21H17NO/c1-2-17-23-21-16-10-9-15-20(21)22(18-11-5-3-6-12-18)19-13-7-4-8-14-19/h1,3-16H,17H2. The Morgan fingerprint density at radius 1 is 0.739 bits per heavy atom. The van der Waals surface area contributed by atoms with E-state index < -0.39 is 0 Å². The average molecular weight is 299 g/mol. The van der Waals surface area contributed by atoms with E-state index in [1.807, 2.05) is 60.7 Å². The summed E-state index contributed by atoms with van der Waals surface area (Å²) in [5.74, 6) is 3.28. The van der Waals surface area contributed by atoms with Crippen LogP contribution in [0.15, 0.2) is 84.9 Å². The van der Waals surface area contributed by atoms with Crippen LogP contribution in [0.1, 0.15) is 0 Å². The van der Waals surface area contributed by atoms with Gasteiger partial charge in [0.15, 0.2) is 0 Å². The number of nitrogens with zero attached hydrogens (tertiary/aromatic N) is 1. The Morgan fingerprint density at radius 3 is 1.83 bits per heavy atom. The van der Waals surface area contributed by atoms with Gasteiger partial charge >= 0.3 is 0 Å². The largest absolute Gasteiger partial charge is 0.479 e. The van der Waals surface area contributed by atoms with Crippen molar-refractivity contribution < 1.29 is 4.74 Å². The van der Waals surface area contributed by atoms with Gasteiger partial charge in [-0.2, -0.15) is 0 Å². The smallest absolute Gasteiger partial charge is 0.148 e. The zero-order valence-corrected chi connectivity index (χ0v) is 12.7. The molecular formula is C21H17NO. The third-order valence-electron chi connectivity index (χ3n) is 3.45. The summed E-state index contributed by atoms with van der Waals surface area (Å²) < 4.78 is 5.73. The molecule has 0 saturated heterocycles. The normalized spacial score (nSPS) is 9.87. The van der Waals surface area contributed by atoms with Crippen LogP contribution >= 0.6 is 0 Å². The molecule has 0 heterocycles. The zero-order chi connectivity index (χ0) is 15.9. The van der Waals surface area contributed by atoms with Crippen molar-refractivity contribution in [1.82, 2.24) is 0 Å². The van der Waals surface area contributed by atoms with Gasteiger partial charge in [0, 0.05) is 11.4 Å². The fourth-order valence-corrected chi connectivity index (χ4v) is 2.46. The van der Waals surface area contributed by atoms with Crippen LogP contribution in [0.4, 0.5) is 17.1 Å². The second-order valence-electron chi connectivity index (χ2n) is 4.97. The minimum Gasteiger partial charge on any atom is -0.479 e. The first kappa shape index (κ1) is 14.7. The number of hydrogen-bond acceptors (Lipinski definition) is 2. The summed E-state index contributed by atoms with van der Waals surface area (Å²) in [5, 5.41) is 0. The second kappa shape index (κ2) is 7.20. The fraction of sp³-hybridized carbons (Fsp3) is 0.0476. The first-order valence-electron chi connectivity index (χ1n) is 7.45. The molecule has 23 heavy (non-hydrogen) atoms. The fourth-order valence-electron chi connectivity index (χ4n) is 2.46. The van der Waals surface area contributed by atoms with E-state index in [4.69, 9.17) is 11.2 Å². The molecule has 3 aromatic rings. The predicted molar refractivity (Wildman–Crippen MR) is 95.5 cm³/mol. The van der Waals surface area contributed by atoms with Gasteiger partial charge in [0.25, 0.3) is 0 Å². The third kappa shape index (κ3) is 3.36. The molecule has 0 N–H and O–H groups in total. The lowest BCUT2D eigenvalue weighted by Gasteiger charge is -2.27. The SMILES string of the molecule is C#CCOc1ccccc1N(c1ccccc1)c1ccccc1. The van der Waals surface area contributed by atoms with Gasteiger partial charge in [-0.15, -0.1) is 6.42 Å². The Hall–Kier alpha value is -3.18. The summed E-state index contributed by atoms with van der Waals surface area (Å²) in [4.78, 5) is 2.16. The number of terminal acetylenes is 1. The van der Waals surface area contributed by atoms with E-state index in [1.54, 1.807) is 0 Å². The number of hydrogen-bond donors (Lipinski definition) is 0. The second-order valence-corrected chi connectivity index (χ2v) is 4.97.